The molecule has 1 unspecified atom stereocenters. The van der Waals surface area contributed by atoms with Gasteiger partial charge in [0.15, 0.2) is 0 Å². The van der Waals surface area contributed by atoms with E-state index in [4.69, 9.17) is 9.47 Å². The molecule has 1 aliphatic carbocycles. The summed E-state index contributed by atoms with van der Waals surface area (Å²) in [6.07, 6.45) is 13.8. The Bertz CT molecular complexity index is 565. The fourth-order valence-electron chi connectivity index (χ4n) is 2.59. The second-order valence-corrected chi connectivity index (χ2v) is 6.79. The third-order valence-electron chi connectivity index (χ3n) is 4.39. The average Bonchev–Trinajstić information content (AvgIpc) is 2.64. The number of unbranched alkanes of at least 4 members (excludes halogenated alkanes) is 4. The van der Waals surface area contributed by atoms with E-state index in [0.717, 1.165) is 12.8 Å². The molecule has 0 saturated carbocycles. The Labute approximate surface area is 163 Å². The topological polar surface area (TPSA) is 35.5 Å². The molecule has 27 heavy (non-hydrogen) atoms. The van der Waals surface area contributed by atoms with Crippen LogP contribution < -0.4 is 0 Å². The van der Waals surface area contributed by atoms with Crippen molar-refractivity contribution in [3.05, 3.63) is 53.7 Å². The lowest BCUT2D eigenvalue weighted by atomic mass is 9.88. The summed E-state index contributed by atoms with van der Waals surface area (Å²) in [5.74, 6) is -0.524. The van der Waals surface area contributed by atoms with Gasteiger partial charge >= 0.3 is 5.97 Å². The molecule has 2 rings (SSSR count). The van der Waals surface area contributed by atoms with Crippen molar-refractivity contribution in [2.75, 3.05) is 20.3 Å². The number of carbonyl (C=O) groups excluding carboxylic acids is 1. The number of carbonyl (C=O) groups is 1. The summed E-state index contributed by atoms with van der Waals surface area (Å²) in [6, 6.07) is 4.55. The zero-order chi connectivity index (χ0) is 19.9. The minimum absolute atomic E-state index is 0.260. The Kier molecular flexibility index (Phi) is 12.4. The van der Waals surface area contributed by atoms with Gasteiger partial charge in [-0.2, -0.15) is 0 Å². The van der Waals surface area contributed by atoms with Crippen LogP contribution in [0.1, 0.15) is 68.3 Å². The van der Waals surface area contributed by atoms with Gasteiger partial charge in [0.05, 0.1) is 12.2 Å². The van der Waals surface area contributed by atoms with Gasteiger partial charge in [0, 0.05) is 13.7 Å². The molecule has 0 amide bonds. The molecule has 0 heterocycles. The summed E-state index contributed by atoms with van der Waals surface area (Å²) in [7, 11) is 1.63. The highest BCUT2D eigenvalue weighted by Gasteiger charge is 2.16. The molecule has 1 aliphatic rings. The lowest BCUT2D eigenvalue weighted by Gasteiger charge is -2.17. The standard InChI is InChI=1S/C17H20FO3.C6H14/c1-20-9-2-3-10-21-17(19)15-8-7-14(16(18)12-15)11-13-5-4-6-13;1-3-5-6-4-2/h4-8,12-13H,2-3,9-11H2,1H3;3-6H2,1-2H3. The van der Waals surface area contributed by atoms with Crippen LogP contribution in [-0.4, -0.2) is 26.3 Å². The first-order valence-corrected chi connectivity index (χ1v) is 10.1. The lowest BCUT2D eigenvalue weighted by Crippen LogP contribution is -2.11. The van der Waals surface area contributed by atoms with Gasteiger partial charge in [-0.1, -0.05) is 57.7 Å². The third-order valence-corrected chi connectivity index (χ3v) is 4.39. The summed E-state index contributed by atoms with van der Waals surface area (Å²) in [5.41, 5.74) is 0.883. The molecule has 151 valence electrons. The number of allylic oxidation sites excluding steroid dienone is 2. The number of esters is 1. The van der Waals surface area contributed by atoms with Crippen LogP contribution in [0.25, 0.3) is 0 Å². The zero-order valence-corrected chi connectivity index (χ0v) is 17.0. The van der Waals surface area contributed by atoms with Gasteiger partial charge < -0.3 is 9.47 Å². The quantitative estimate of drug-likeness (QED) is 0.354. The van der Waals surface area contributed by atoms with Gasteiger partial charge in [0.1, 0.15) is 5.82 Å². The first kappa shape index (κ1) is 23.4. The fraction of sp³-hybridized carbons (Fsp3) is 0.565. The number of ether oxygens (including phenoxy) is 2. The van der Waals surface area contributed by atoms with Gasteiger partial charge in [-0.15, -0.1) is 0 Å². The number of hydrogen-bond acceptors (Lipinski definition) is 3. The van der Waals surface area contributed by atoms with E-state index in [2.05, 4.69) is 13.8 Å². The van der Waals surface area contributed by atoms with Crippen LogP contribution in [0.5, 0.6) is 0 Å². The van der Waals surface area contributed by atoms with Crippen LogP contribution in [0, 0.1) is 18.2 Å². The largest absolute Gasteiger partial charge is 0.462 e. The first-order chi connectivity index (χ1) is 13.1. The van der Waals surface area contributed by atoms with Crippen molar-refractivity contribution >= 4 is 5.97 Å². The molecule has 0 bridgehead atoms. The molecular formula is C23H34FO3. The van der Waals surface area contributed by atoms with Gasteiger partial charge in [-0.3, -0.25) is 0 Å². The van der Waals surface area contributed by atoms with E-state index in [-0.39, 0.29) is 11.4 Å². The molecular weight excluding hydrogens is 343 g/mol. The number of benzene rings is 1. The minimum Gasteiger partial charge on any atom is -0.462 e. The van der Waals surface area contributed by atoms with Crippen LogP contribution in [0.2, 0.25) is 0 Å². The Hall–Kier alpha value is -1.68. The Morgan fingerprint density at radius 2 is 1.74 bits per heavy atom. The molecule has 0 spiro atoms. The van der Waals surface area contributed by atoms with Crippen molar-refractivity contribution in [1.29, 1.82) is 0 Å². The molecule has 0 fully saturated rings. The second kappa shape index (κ2) is 14.4. The molecule has 1 atom stereocenters. The maximum atomic E-state index is 14.0. The van der Waals surface area contributed by atoms with Crippen molar-refractivity contribution in [3.8, 4) is 0 Å². The Morgan fingerprint density at radius 3 is 2.26 bits per heavy atom. The van der Waals surface area contributed by atoms with E-state index in [1.54, 1.807) is 19.2 Å². The van der Waals surface area contributed by atoms with E-state index < -0.39 is 5.97 Å². The predicted octanol–water partition coefficient (Wildman–Crippen LogP) is 5.93. The van der Waals surface area contributed by atoms with Crippen LogP contribution >= 0.6 is 0 Å². The molecule has 1 aromatic rings. The van der Waals surface area contributed by atoms with Gasteiger partial charge in [0.25, 0.3) is 0 Å². The van der Waals surface area contributed by atoms with Crippen LogP contribution in [0.3, 0.4) is 0 Å². The monoisotopic (exact) mass is 377 g/mol. The summed E-state index contributed by atoms with van der Waals surface area (Å²) < 4.78 is 24.0. The predicted molar refractivity (Wildman–Crippen MR) is 108 cm³/mol. The Morgan fingerprint density at radius 1 is 1.07 bits per heavy atom. The highest BCUT2D eigenvalue weighted by Crippen LogP contribution is 2.23. The zero-order valence-electron chi connectivity index (χ0n) is 17.0. The lowest BCUT2D eigenvalue weighted by molar-refractivity contribution is 0.0488. The maximum absolute atomic E-state index is 14.0. The van der Waals surface area contributed by atoms with Crippen molar-refractivity contribution in [2.45, 2.75) is 58.8 Å². The van der Waals surface area contributed by atoms with Crippen molar-refractivity contribution in [2.24, 2.45) is 5.92 Å². The molecule has 0 aliphatic heterocycles. The van der Waals surface area contributed by atoms with Crippen LogP contribution in [0.4, 0.5) is 4.39 Å². The van der Waals surface area contributed by atoms with E-state index >= 15 is 0 Å². The van der Waals surface area contributed by atoms with Crippen LogP contribution in [0.15, 0.2) is 30.4 Å². The van der Waals surface area contributed by atoms with Crippen molar-refractivity contribution in [3.63, 3.8) is 0 Å². The summed E-state index contributed by atoms with van der Waals surface area (Å²) >= 11 is 0. The maximum Gasteiger partial charge on any atom is 0.338 e. The number of methoxy groups -OCH3 is 1. The minimum atomic E-state index is -0.479. The SMILES string of the molecule is CCCCCC.COCCCCOC(=O)c1ccc(CC2[CH]C=C2)c(F)c1. The van der Waals surface area contributed by atoms with E-state index in [9.17, 15) is 9.18 Å². The van der Waals surface area contributed by atoms with Gasteiger partial charge in [-0.25, -0.2) is 9.18 Å². The molecule has 4 heteroatoms. The van der Waals surface area contributed by atoms with Crippen molar-refractivity contribution < 1.29 is 18.7 Å². The summed E-state index contributed by atoms with van der Waals surface area (Å²) in [5, 5.41) is 0. The number of hydrogen-bond donors (Lipinski definition) is 0. The molecule has 0 aromatic heterocycles. The highest BCUT2D eigenvalue weighted by atomic mass is 19.1. The first-order valence-electron chi connectivity index (χ1n) is 10.1. The van der Waals surface area contributed by atoms with Crippen molar-refractivity contribution in [1.82, 2.24) is 0 Å². The van der Waals surface area contributed by atoms with E-state index in [0.29, 0.717) is 31.1 Å². The smallest absolute Gasteiger partial charge is 0.338 e. The highest BCUT2D eigenvalue weighted by molar-refractivity contribution is 5.89. The van der Waals surface area contributed by atoms with E-state index in [1.807, 2.05) is 18.6 Å². The fourth-order valence-corrected chi connectivity index (χ4v) is 2.59. The second-order valence-electron chi connectivity index (χ2n) is 6.79. The molecule has 0 N–H and O–H groups in total. The third kappa shape index (κ3) is 9.71. The van der Waals surface area contributed by atoms with E-state index in [1.165, 1.54) is 31.7 Å². The number of halogens is 1. The molecule has 0 saturated heterocycles. The van der Waals surface area contributed by atoms with Gasteiger partial charge in [-0.05, 0) is 49.3 Å². The number of rotatable bonds is 11. The normalized spacial score (nSPS) is 14.9. The Balaban J connectivity index is 0.000000527. The molecule has 1 aromatic carbocycles. The molecule has 1 radical (unpaired) electrons. The summed E-state index contributed by atoms with van der Waals surface area (Å²) in [6.45, 7) is 5.44. The average molecular weight is 378 g/mol. The van der Waals surface area contributed by atoms with Crippen LogP contribution in [-0.2, 0) is 15.9 Å². The molecule has 3 nitrogen and oxygen atoms in total. The summed E-state index contributed by atoms with van der Waals surface area (Å²) in [4.78, 5) is 11.8. The van der Waals surface area contributed by atoms with Gasteiger partial charge in [0.2, 0.25) is 0 Å².